The lowest BCUT2D eigenvalue weighted by Gasteiger charge is -2.08. The van der Waals surface area contributed by atoms with Gasteiger partial charge >= 0.3 is 0 Å². The van der Waals surface area contributed by atoms with Crippen LogP contribution < -0.4 is 0 Å². The number of hydrogen-bond acceptors (Lipinski definition) is 2. The molecule has 1 unspecified atom stereocenters. The van der Waals surface area contributed by atoms with Crippen molar-refractivity contribution >= 4 is 5.78 Å². The van der Waals surface area contributed by atoms with Crippen LogP contribution in [0.4, 0.5) is 0 Å². The topological polar surface area (TPSA) is 34.9 Å². The maximum absolute atomic E-state index is 11.7. The van der Waals surface area contributed by atoms with Crippen molar-refractivity contribution < 1.29 is 4.79 Å². The van der Waals surface area contributed by atoms with Gasteiger partial charge in [-0.2, -0.15) is 0 Å². The summed E-state index contributed by atoms with van der Waals surface area (Å²) in [6.45, 7) is 4.13. The molecule has 0 radical (unpaired) electrons. The first-order valence-electron chi connectivity index (χ1n) is 5.64. The van der Waals surface area contributed by atoms with E-state index in [1.54, 1.807) is 6.20 Å². The maximum atomic E-state index is 11.7. The van der Waals surface area contributed by atoms with Crippen molar-refractivity contribution in [1.29, 1.82) is 0 Å². The molecule has 0 saturated carbocycles. The van der Waals surface area contributed by atoms with Gasteiger partial charge in [0.25, 0.3) is 0 Å². The Morgan fingerprint density at radius 1 is 1.60 bits per heavy atom. The Morgan fingerprint density at radius 2 is 2.33 bits per heavy atom. The molecule has 0 fully saturated rings. The molecule has 1 aromatic rings. The molecule has 0 aliphatic rings. The first kappa shape index (κ1) is 12.0. The first-order chi connectivity index (χ1) is 7.15. The summed E-state index contributed by atoms with van der Waals surface area (Å²) in [6.07, 6.45) is 7.14. The number of hydrogen-bond donors (Lipinski definition) is 0. The highest BCUT2D eigenvalue weighted by Crippen LogP contribution is 2.10. The fourth-order valence-electron chi connectivity index (χ4n) is 1.71. The van der Waals surface area contributed by atoms with Crippen molar-refractivity contribution in [3.8, 4) is 0 Å². The summed E-state index contributed by atoms with van der Waals surface area (Å²) in [5, 5.41) is 0. The number of ketones is 1. The lowest BCUT2D eigenvalue weighted by atomic mass is 9.97. The smallest absolute Gasteiger partial charge is 0.136 e. The van der Waals surface area contributed by atoms with E-state index in [1.165, 1.54) is 0 Å². The zero-order chi connectivity index (χ0) is 11.3. The van der Waals surface area contributed by atoms with Crippen molar-refractivity contribution in [2.75, 3.05) is 0 Å². The third-order valence-corrected chi connectivity index (χ3v) is 2.79. The van der Waals surface area contributed by atoms with E-state index < -0.39 is 0 Å². The molecule has 0 aromatic carbocycles. The molecule has 84 valence electrons. The SMILES string of the molecule is CCCC(C)C(=O)CCc1nccn1C. The molecule has 3 nitrogen and oxygen atoms in total. The summed E-state index contributed by atoms with van der Waals surface area (Å²) in [7, 11) is 1.96. The zero-order valence-electron chi connectivity index (χ0n) is 9.86. The van der Waals surface area contributed by atoms with Crippen LogP contribution in [0.5, 0.6) is 0 Å². The summed E-state index contributed by atoms with van der Waals surface area (Å²) in [5.74, 6) is 1.56. The average molecular weight is 208 g/mol. The molecule has 0 aliphatic heterocycles. The van der Waals surface area contributed by atoms with E-state index >= 15 is 0 Å². The predicted molar refractivity (Wildman–Crippen MR) is 60.6 cm³/mol. The monoisotopic (exact) mass is 208 g/mol. The number of imidazole rings is 1. The molecule has 0 N–H and O–H groups in total. The Balaban J connectivity index is 2.37. The van der Waals surface area contributed by atoms with E-state index in [-0.39, 0.29) is 5.92 Å². The van der Waals surface area contributed by atoms with Gasteiger partial charge in [0.2, 0.25) is 0 Å². The van der Waals surface area contributed by atoms with Crippen molar-refractivity contribution in [3.63, 3.8) is 0 Å². The van der Waals surface area contributed by atoms with Crippen LogP contribution in [0.3, 0.4) is 0 Å². The molecular formula is C12H20N2O. The highest BCUT2D eigenvalue weighted by Gasteiger charge is 2.12. The third kappa shape index (κ3) is 3.50. The number of Topliss-reactive ketones (excluding diaryl/α,β-unsaturated/α-hetero) is 1. The van der Waals surface area contributed by atoms with Gasteiger partial charge in [0.05, 0.1) is 0 Å². The van der Waals surface area contributed by atoms with Gasteiger partial charge in [-0.1, -0.05) is 20.3 Å². The number of carbonyl (C=O) groups is 1. The molecule has 15 heavy (non-hydrogen) atoms. The van der Waals surface area contributed by atoms with E-state index in [1.807, 2.05) is 24.7 Å². The van der Waals surface area contributed by atoms with Gasteiger partial charge in [-0.15, -0.1) is 0 Å². The Labute approximate surface area is 91.5 Å². The normalized spacial score (nSPS) is 12.7. The van der Waals surface area contributed by atoms with Crippen LogP contribution in [0.15, 0.2) is 12.4 Å². The van der Waals surface area contributed by atoms with Crippen LogP contribution in [0, 0.1) is 5.92 Å². The second-order valence-corrected chi connectivity index (χ2v) is 4.11. The second kappa shape index (κ2) is 5.69. The number of rotatable bonds is 6. The number of carbonyl (C=O) groups excluding carboxylic acids is 1. The molecule has 1 atom stereocenters. The van der Waals surface area contributed by atoms with E-state index in [0.29, 0.717) is 12.2 Å². The van der Waals surface area contributed by atoms with Gasteiger partial charge < -0.3 is 4.57 Å². The van der Waals surface area contributed by atoms with E-state index in [0.717, 1.165) is 25.1 Å². The predicted octanol–water partition coefficient (Wildman–Crippen LogP) is 2.36. The van der Waals surface area contributed by atoms with Crippen molar-refractivity contribution in [2.45, 2.75) is 39.5 Å². The molecule has 0 saturated heterocycles. The van der Waals surface area contributed by atoms with Crippen LogP contribution in [0.2, 0.25) is 0 Å². The van der Waals surface area contributed by atoms with E-state index in [9.17, 15) is 4.79 Å². The molecular weight excluding hydrogens is 188 g/mol. The third-order valence-electron chi connectivity index (χ3n) is 2.79. The molecule has 0 spiro atoms. The standard InChI is InChI=1S/C12H20N2O/c1-4-5-10(2)11(15)6-7-12-13-8-9-14(12)3/h8-10H,4-7H2,1-3H3. The highest BCUT2D eigenvalue weighted by molar-refractivity contribution is 5.80. The fourth-order valence-corrected chi connectivity index (χ4v) is 1.71. The number of nitrogens with zero attached hydrogens (tertiary/aromatic N) is 2. The summed E-state index contributed by atoms with van der Waals surface area (Å²) in [6, 6.07) is 0. The minimum Gasteiger partial charge on any atom is -0.338 e. The van der Waals surface area contributed by atoms with Gasteiger partial charge in [0.1, 0.15) is 11.6 Å². The summed E-state index contributed by atoms with van der Waals surface area (Å²) in [5.41, 5.74) is 0. The number of aryl methyl sites for hydroxylation is 2. The van der Waals surface area contributed by atoms with E-state index in [2.05, 4.69) is 11.9 Å². The van der Waals surface area contributed by atoms with Crippen LogP contribution in [-0.4, -0.2) is 15.3 Å². The Morgan fingerprint density at radius 3 is 2.87 bits per heavy atom. The largest absolute Gasteiger partial charge is 0.338 e. The highest BCUT2D eigenvalue weighted by atomic mass is 16.1. The van der Waals surface area contributed by atoms with Crippen LogP contribution in [0.1, 0.15) is 38.9 Å². The fraction of sp³-hybridized carbons (Fsp3) is 0.667. The molecule has 1 aromatic heterocycles. The molecule has 3 heteroatoms. The van der Waals surface area contributed by atoms with Gasteiger partial charge in [-0.05, 0) is 6.42 Å². The Hall–Kier alpha value is -1.12. The Bertz CT molecular complexity index is 317. The molecule has 1 rings (SSSR count). The zero-order valence-corrected chi connectivity index (χ0v) is 9.86. The molecule has 0 aliphatic carbocycles. The van der Waals surface area contributed by atoms with Crippen molar-refractivity contribution in [1.82, 2.24) is 9.55 Å². The number of aromatic nitrogens is 2. The van der Waals surface area contributed by atoms with Gasteiger partial charge in [0, 0.05) is 38.2 Å². The minimum atomic E-state index is 0.204. The minimum absolute atomic E-state index is 0.204. The summed E-state index contributed by atoms with van der Waals surface area (Å²) < 4.78 is 1.97. The second-order valence-electron chi connectivity index (χ2n) is 4.11. The van der Waals surface area contributed by atoms with Crippen LogP contribution in [0.25, 0.3) is 0 Å². The van der Waals surface area contributed by atoms with Gasteiger partial charge in [0.15, 0.2) is 0 Å². The lowest BCUT2D eigenvalue weighted by molar-refractivity contribution is -0.122. The maximum Gasteiger partial charge on any atom is 0.136 e. The molecule has 1 heterocycles. The van der Waals surface area contributed by atoms with Crippen molar-refractivity contribution in [2.24, 2.45) is 13.0 Å². The van der Waals surface area contributed by atoms with Gasteiger partial charge in [-0.3, -0.25) is 4.79 Å². The van der Waals surface area contributed by atoms with Crippen molar-refractivity contribution in [3.05, 3.63) is 18.2 Å². The molecule has 0 amide bonds. The van der Waals surface area contributed by atoms with Gasteiger partial charge in [-0.25, -0.2) is 4.98 Å². The summed E-state index contributed by atoms with van der Waals surface area (Å²) >= 11 is 0. The van der Waals surface area contributed by atoms with Crippen LogP contribution >= 0.6 is 0 Å². The first-order valence-corrected chi connectivity index (χ1v) is 5.64. The van der Waals surface area contributed by atoms with E-state index in [4.69, 9.17) is 0 Å². The molecule has 0 bridgehead atoms. The average Bonchev–Trinajstić information content (AvgIpc) is 2.61. The quantitative estimate of drug-likeness (QED) is 0.719. The summed E-state index contributed by atoms with van der Waals surface area (Å²) in [4.78, 5) is 15.9. The lowest BCUT2D eigenvalue weighted by Crippen LogP contribution is -2.12. The Kier molecular flexibility index (Phi) is 4.53. The van der Waals surface area contributed by atoms with Crippen LogP contribution in [-0.2, 0) is 18.3 Å².